The van der Waals surface area contributed by atoms with Crippen molar-refractivity contribution in [2.45, 2.75) is 26.2 Å². The number of carbonyl (C=O) groups excluding carboxylic acids is 1. The normalized spacial score (nSPS) is 11.0. The Morgan fingerprint density at radius 1 is 1.31 bits per heavy atom. The number of hydrogen-bond donors (Lipinski definition) is 1. The fourth-order valence-electron chi connectivity index (χ4n) is 1.14. The zero-order chi connectivity index (χ0) is 9.90. The van der Waals surface area contributed by atoms with Crippen molar-refractivity contribution in [1.82, 2.24) is 0 Å². The number of benzene rings is 1. The Kier molecular flexibility index (Phi) is 2.71. The molecule has 70 valence electrons. The van der Waals surface area contributed by atoms with Crippen LogP contribution in [0.2, 0.25) is 0 Å². The van der Waals surface area contributed by atoms with Gasteiger partial charge in [-0.2, -0.15) is 0 Å². The molecule has 0 aromatic heterocycles. The lowest BCUT2D eigenvalue weighted by atomic mass is 9.87. The summed E-state index contributed by atoms with van der Waals surface area (Å²) in [5.74, 6) is 0. The minimum absolute atomic E-state index is 0.126. The van der Waals surface area contributed by atoms with E-state index < -0.39 is 0 Å². The molecule has 13 heavy (non-hydrogen) atoms. The van der Waals surface area contributed by atoms with Crippen molar-refractivity contribution in [3.8, 4) is 0 Å². The van der Waals surface area contributed by atoms with Crippen molar-refractivity contribution in [3.63, 3.8) is 0 Å². The van der Waals surface area contributed by atoms with E-state index >= 15 is 0 Å². The predicted molar refractivity (Wildman–Crippen MR) is 54.8 cm³/mol. The lowest BCUT2D eigenvalue weighted by Gasteiger charge is -2.19. The molecule has 1 N–H and O–H groups in total. The maximum Gasteiger partial charge on any atom is 0.211 e. The second kappa shape index (κ2) is 3.60. The summed E-state index contributed by atoms with van der Waals surface area (Å²) in [5.41, 5.74) is 2.20. The van der Waals surface area contributed by atoms with E-state index in [4.69, 9.17) is 0 Å². The number of anilines is 1. The Morgan fingerprint density at radius 3 is 2.54 bits per heavy atom. The van der Waals surface area contributed by atoms with Gasteiger partial charge in [-0.05, 0) is 23.1 Å². The third kappa shape index (κ3) is 2.58. The molecular weight excluding hydrogens is 162 g/mol. The maximum atomic E-state index is 10.2. The van der Waals surface area contributed by atoms with E-state index in [0.29, 0.717) is 6.41 Å². The van der Waals surface area contributed by atoms with Crippen LogP contribution in [-0.2, 0) is 10.2 Å². The van der Waals surface area contributed by atoms with Crippen LogP contribution in [0.3, 0.4) is 0 Å². The second-order valence-electron chi connectivity index (χ2n) is 4.09. The topological polar surface area (TPSA) is 29.1 Å². The zero-order valence-corrected chi connectivity index (χ0v) is 8.29. The number of rotatable bonds is 2. The van der Waals surface area contributed by atoms with Crippen LogP contribution < -0.4 is 5.32 Å². The molecule has 0 radical (unpaired) electrons. The molecule has 0 unspecified atom stereocenters. The highest BCUT2D eigenvalue weighted by molar-refractivity contribution is 5.71. The number of carbonyl (C=O) groups is 1. The standard InChI is InChI=1S/C11H15NO/c1-11(2,3)9-5-4-6-10(7-9)12-8-13/h4-8H,1-3H3,(H,12,13). The van der Waals surface area contributed by atoms with E-state index in [1.165, 1.54) is 5.56 Å². The third-order valence-corrected chi connectivity index (χ3v) is 1.95. The molecule has 0 spiro atoms. The molecule has 1 aromatic carbocycles. The van der Waals surface area contributed by atoms with Gasteiger partial charge in [0.25, 0.3) is 0 Å². The summed E-state index contributed by atoms with van der Waals surface area (Å²) in [5, 5.41) is 2.64. The Balaban J connectivity index is 2.98. The molecule has 1 aromatic rings. The van der Waals surface area contributed by atoms with E-state index in [-0.39, 0.29) is 5.41 Å². The van der Waals surface area contributed by atoms with E-state index in [9.17, 15) is 4.79 Å². The Labute approximate surface area is 79.0 Å². The smallest absolute Gasteiger partial charge is 0.211 e. The Hall–Kier alpha value is -1.31. The van der Waals surface area contributed by atoms with Crippen LogP contribution in [0.5, 0.6) is 0 Å². The quantitative estimate of drug-likeness (QED) is 0.691. The molecule has 0 aliphatic rings. The summed E-state index contributed by atoms with van der Waals surface area (Å²) in [6, 6.07) is 7.89. The third-order valence-electron chi connectivity index (χ3n) is 1.95. The highest BCUT2D eigenvalue weighted by Gasteiger charge is 2.13. The maximum absolute atomic E-state index is 10.2. The summed E-state index contributed by atoms with van der Waals surface area (Å²) in [4.78, 5) is 10.2. The van der Waals surface area contributed by atoms with Gasteiger partial charge < -0.3 is 5.32 Å². The van der Waals surface area contributed by atoms with Gasteiger partial charge in [-0.15, -0.1) is 0 Å². The summed E-state index contributed by atoms with van der Waals surface area (Å²) in [7, 11) is 0. The first kappa shape index (κ1) is 9.78. The van der Waals surface area contributed by atoms with E-state index in [2.05, 4.69) is 32.2 Å². The molecule has 0 saturated heterocycles. The molecule has 1 amide bonds. The van der Waals surface area contributed by atoms with Crippen LogP contribution in [0.1, 0.15) is 26.3 Å². The number of hydrogen-bond acceptors (Lipinski definition) is 1. The lowest BCUT2D eigenvalue weighted by Crippen LogP contribution is -2.11. The van der Waals surface area contributed by atoms with Gasteiger partial charge in [-0.1, -0.05) is 32.9 Å². The number of nitrogens with one attached hydrogen (secondary N) is 1. The fourth-order valence-corrected chi connectivity index (χ4v) is 1.14. The van der Waals surface area contributed by atoms with Gasteiger partial charge in [0, 0.05) is 5.69 Å². The van der Waals surface area contributed by atoms with Crippen LogP contribution in [0.15, 0.2) is 24.3 Å². The first-order valence-electron chi connectivity index (χ1n) is 4.35. The second-order valence-corrected chi connectivity index (χ2v) is 4.09. The molecule has 0 aliphatic carbocycles. The summed E-state index contributed by atoms with van der Waals surface area (Å²) in [6.45, 7) is 6.44. The van der Waals surface area contributed by atoms with Crippen LogP contribution in [0, 0.1) is 0 Å². The Bertz CT molecular complexity index is 299. The first-order valence-corrected chi connectivity index (χ1v) is 4.35. The molecule has 2 nitrogen and oxygen atoms in total. The lowest BCUT2D eigenvalue weighted by molar-refractivity contribution is -0.105. The monoisotopic (exact) mass is 177 g/mol. The van der Waals surface area contributed by atoms with Gasteiger partial charge in [-0.3, -0.25) is 4.79 Å². The van der Waals surface area contributed by atoms with Gasteiger partial charge >= 0.3 is 0 Å². The molecule has 0 bridgehead atoms. The van der Waals surface area contributed by atoms with Crippen molar-refractivity contribution < 1.29 is 4.79 Å². The highest BCUT2D eigenvalue weighted by atomic mass is 16.1. The van der Waals surface area contributed by atoms with Gasteiger partial charge in [0.05, 0.1) is 0 Å². The summed E-state index contributed by atoms with van der Waals surface area (Å²) >= 11 is 0. The minimum atomic E-state index is 0.126. The van der Waals surface area contributed by atoms with Crippen molar-refractivity contribution in [2.24, 2.45) is 0 Å². The van der Waals surface area contributed by atoms with Gasteiger partial charge in [-0.25, -0.2) is 0 Å². The summed E-state index contributed by atoms with van der Waals surface area (Å²) in [6.07, 6.45) is 0.696. The molecule has 2 heteroatoms. The number of amides is 1. The molecule has 0 aliphatic heterocycles. The predicted octanol–water partition coefficient (Wildman–Crippen LogP) is 2.55. The van der Waals surface area contributed by atoms with Crippen molar-refractivity contribution in [2.75, 3.05) is 5.32 Å². The van der Waals surface area contributed by atoms with Crippen LogP contribution >= 0.6 is 0 Å². The zero-order valence-electron chi connectivity index (χ0n) is 8.29. The molecule has 0 fully saturated rings. The molecular formula is C11H15NO. The van der Waals surface area contributed by atoms with Crippen LogP contribution in [0.25, 0.3) is 0 Å². The van der Waals surface area contributed by atoms with Crippen LogP contribution in [0.4, 0.5) is 5.69 Å². The molecule has 0 saturated carbocycles. The fraction of sp³-hybridized carbons (Fsp3) is 0.364. The highest BCUT2D eigenvalue weighted by Crippen LogP contribution is 2.24. The van der Waals surface area contributed by atoms with Gasteiger partial charge in [0.2, 0.25) is 6.41 Å². The van der Waals surface area contributed by atoms with Crippen molar-refractivity contribution in [3.05, 3.63) is 29.8 Å². The molecule has 1 rings (SSSR count). The van der Waals surface area contributed by atoms with Gasteiger partial charge in [0.1, 0.15) is 0 Å². The SMILES string of the molecule is CC(C)(C)c1cccc(NC=O)c1. The van der Waals surface area contributed by atoms with E-state index in [1.54, 1.807) is 0 Å². The summed E-state index contributed by atoms with van der Waals surface area (Å²) < 4.78 is 0. The van der Waals surface area contributed by atoms with E-state index in [1.807, 2.05) is 18.2 Å². The molecule has 0 atom stereocenters. The Morgan fingerprint density at radius 2 is 2.00 bits per heavy atom. The van der Waals surface area contributed by atoms with Gasteiger partial charge in [0.15, 0.2) is 0 Å². The molecule has 0 heterocycles. The van der Waals surface area contributed by atoms with Crippen molar-refractivity contribution >= 4 is 12.1 Å². The van der Waals surface area contributed by atoms with Crippen LogP contribution in [-0.4, -0.2) is 6.41 Å². The van der Waals surface area contributed by atoms with Crippen molar-refractivity contribution in [1.29, 1.82) is 0 Å². The average molecular weight is 177 g/mol. The van der Waals surface area contributed by atoms with E-state index in [0.717, 1.165) is 5.69 Å². The largest absolute Gasteiger partial charge is 0.329 e. The minimum Gasteiger partial charge on any atom is -0.329 e. The average Bonchev–Trinajstić information content (AvgIpc) is 2.04. The first-order chi connectivity index (χ1) is 6.04.